The second-order valence-electron chi connectivity index (χ2n) is 4.09. The van der Waals surface area contributed by atoms with Crippen LogP contribution in [-0.4, -0.2) is 25.1 Å². The molecule has 13 heavy (non-hydrogen) atoms. The SMILES string of the molecule is CNC(CCCC(C)C)CCSC. The molecule has 0 aromatic carbocycles. The second-order valence-corrected chi connectivity index (χ2v) is 5.08. The standard InChI is InChI=1S/C11H25NS/c1-10(2)6-5-7-11(12-3)8-9-13-4/h10-12H,5-9H2,1-4H3. The maximum absolute atomic E-state index is 3.40. The largest absolute Gasteiger partial charge is 0.317 e. The fourth-order valence-electron chi connectivity index (χ4n) is 1.47. The zero-order valence-corrected chi connectivity index (χ0v) is 10.4. The van der Waals surface area contributed by atoms with Crippen molar-refractivity contribution in [2.75, 3.05) is 19.1 Å². The lowest BCUT2D eigenvalue weighted by Gasteiger charge is -2.15. The molecule has 0 aromatic rings. The van der Waals surface area contributed by atoms with Crippen molar-refractivity contribution < 1.29 is 0 Å². The van der Waals surface area contributed by atoms with Crippen LogP contribution < -0.4 is 5.32 Å². The van der Waals surface area contributed by atoms with Gasteiger partial charge >= 0.3 is 0 Å². The molecule has 0 spiro atoms. The summed E-state index contributed by atoms with van der Waals surface area (Å²) in [6.07, 6.45) is 7.58. The van der Waals surface area contributed by atoms with Crippen LogP contribution in [0.5, 0.6) is 0 Å². The van der Waals surface area contributed by atoms with E-state index >= 15 is 0 Å². The Morgan fingerprint density at radius 3 is 2.31 bits per heavy atom. The Morgan fingerprint density at radius 1 is 1.15 bits per heavy atom. The van der Waals surface area contributed by atoms with Crippen LogP contribution in [0.15, 0.2) is 0 Å². The highest BCUT2D eigenvalue weighted by atomic mass is 32.2. The number of hydrogen-bond acceptors (Lipinski definition) is 2. The van der Waals surface area contributed by atoms with Gasteiger partial charge in [-0.15, -0.1) is 0 Å². The highest BCUT2D eigenvalue weighted by molar-refractivity contribution is 7.98. The number of thioether (sulfide) groups is 1. The van der Waals surface area contributed by atoms with Crippen LogP contribution in [0.2, 0.25) is 0 Å². The molecule has 0 aliphatic rings. The Kier molecular flexibility index (Phi) is 9.10. The first-order valence-corrected chi connectivity index (χ1v) is 6.76. The zero-order valence-electron chi connectivity index (χ0n) is 9.60. The van der Waals surface area contributed by atoms with Crippen molar-refractivity contribution in [3.05, 3.63) is 0 Å². The minimum absolute atomic E-state index is 0.742. The fourth-order valence-corrected chi connectivity index (χ4v) is 1.99. The summed E-state index contributed by atoms with van der Waals surface area (Å²) in [5, 5.41) is 3.40. The van der Waals surface area contributed by atoms with E-state index in [0.29, 0.717) is 0 Å². The van der Waals surface area contributed by atoms with E-state index in [4.69, 9.17) is 0 Å². The van der Waals surface area contributed by atoms with Crippen molar-refractivity contribution in [1.82, 2.24) is 5.32 Å². The number of nitrogens with one attached hydrogen (secondary N) is 1. The first kappa shape index (κ1) is 13.3. The Labute approximate surface area is 88.1 Å². The van der Waals surface area contributed by atoms with Gasteiger partial charge in [-0.1, -0.05) is 26.7 Å². The minimum Gasteiger partial charge on any atom is -0.317 e. The van der Waals surface area contributed by atoms with Crippen LogP contribution in [0, 0.1) is 5.92 Å². The van der Waals surface area contributed by atoms with E-state index in [1.807, 2.05) is 11.8 Å². The molecule has 1 unspecified atom stereocenters. The zero-order chi connectivity index (χ0) is 10.1. The molecule has 1 nitrogen and oxygen atoms in total. The molecule has 0 rings (SSSR count). The van der Waals surface area contributed by atoms with Gasteiger partial charge in [-0.25, -0.2) is 0 Å². The molecule has 1 N–H and O–H groups in total. The van der Waals surface area contributed by atoms with Gasteiger partial charge in [0.1, 0.15) is 0 Å². The molecule has 1 atom stereocenters. The van der Waals surface area contributed by atoms with Gasteiger partial charge in [0.2, 0.25) is 0 Å². The molecule has 0 saturated carbocycles. The smallest absolute Gasteiger partial charge is 0.00719 e. The van der Waals surface area contributed by atoms with Crippen molar-refractivity contribution in [2.24, 2.45) is 5.92 Å². The first-order chi connectivity index (χ1) is 6.20. The van der Waals surface area contributed by atoms with Crippen molar-refractivity contribution in [1.29, 1.82) is 0 Å². The van der Waals surface area contributed by atoms with Gasteiger partial charge in [0, 0.05) is 6.04 Å². The van der Waals surface area contributed by atoms with Crippen molar-refractivity contribution >= 4 is 11.8 Å². The fraction of sp³-hybridized carbons (Fsp3) is 1.00. The van der Waals surface area contributed by atoms with Crippen molar-refractivity contribution in [2.45, 2.75) is 45.6 Å². The molecule has 0 bridgehead atoms. The van der Waals surface area contributed by atoms with Gasteiger partial charge in [-0.3, -0.25) is 0 Å². The molecule has 0 aliphatic heterocycles. The van der Waals surface area contributed by atoms with Gasteiger partial charge in [-0.05, 0) is 37.8 Å². The summed E-state index contributed by atoms with van der Waals surface area (Å²) in [5.41, 5.74) is 0. The summed E-state index contributed by atoms with van der Waals surface area (Å²) in [4.78, 5) is 0. The van der Waals surface area contributed by atoms with Crippen LogP contribution in [0.25, 0.3) is 0 Å². The van der Waals surface area contributed by atoms with Gasteiger partial charge < -0.3 is 5.32 Å². The Morgan fingerprint density at radius 2 is 1.85 bits per heavy atom. The molecule has 0 aliphatic carbocycles. The monoisotopic (exact) mass is 203 g/mol. The van der Waals surface area contributed by atoms with Crippen LogP contribution in [0.1, 0.15) is 39.5 Å². The molecular formula is C11H25NS. The molecule has 80 valence electrons. The van der Waals surface area contributed by atoms with E-state index in [1.54, 1.807) is 0 Å². The predicted octanol–water partition coefficient (Wildman–Crippen LogP) is 3.15. The summed E-state index contributed by atoms with van der Waals surface area (Å²) in [6, 6.07) is 0.742. The molecule has 0 heterocycles. The maximum atomic E-state index is 3.40. The van der Waals surface area contributed by atoms with Crippen molar-refractivity contribution in [3.8, 4) is 0 Å². The lowest BCUT2D eigenvalue weighted by molar-refractivity contribution is 0.453. The van der Waals surface area contributed by atoms with Gasteiger partial charge in [-0.2, -0.15) is 11.8 Å². The average Bonchev–Trinajstić information content (AvgIpc) is 2.10. The highest BCUT2D eigenvalue weighted by Crippen LogP contribution is 2.11. The summed E-state index contributed by atoms with van der Waals surface area (Å²) < 4.78 is 0. The predicted molar refractivity (Wildman–Crippen MR) is 64.5 cm³/mol. The number of hydrogen-bond donors (Lipinski definition) is 1. The summed E-state index contributed by atoms with van der Waals surface area (Å²) in [5.74, 6) is 2.14. The van der Waals surface area contributed by atoms with E-state index in [9.17, 15) is 0 Å². The molecule has 0 saturated heterocycles. The Bertz CT molecular complexity index is 104. The number of rotatable bonds is 8. The molecule has 0 fully saturated rings. The van der Waals surface area contributed by atoms with E-state index in [0.717, 1.165) is 12.0 Å². The topological polar surface area (TPSA) is 12.0 Å². The van der Waals surface area contributed by atoms with Gasteiger partial charge in [0.15, 0.2) is 0 Å². The quantitative estimate of drug-likeness (QED) is 0.650. The normalized spacial score (nSPS) is 13.6. The molecule has 0 aromatic heterocycles. The Balaban J connectivity index is 3.36. The lowest BCUT2D eigenvalue weighted by atomic mass is 10.0. The third kappa shape index (κ3) is 8.63. The summed E-state index contributed by atoms with van der Waals surface area (Å²) in [7, 11) is 2.08. The Hall–Kier alpha value is 0.310. The second kappa shape index (κ2) is 8.89. The summed E-state index contributed by atoms with van der Waals surface area (Å²) in [6.45, 7) is 4.60. The average molecular weight is 203 g/mol. The van der Waals surface area contributed by atoms with Crippen LogP contribution in [0.4, 0.5) is 0 Å². The van der Waals surface area contributed by atoms with Crippen molar-refractivity contribution in [3.63, 3.8) is 0 Å². The highest BCUT2D eigenvalue weighted by Gasteiger charge is 2.05. The van der Waals surface area contributed by atoms with Gasteiger partial charge in [0.05, 0.1) is 0 Å². The third-order valence-electron chi connectivity index (χ3n) is 2.41. The van der Waals surface area contributed by atoms with E-state index in [-0.39, 0.29) is 0 Å². The third-order valence-corrected chi connectivity index (χ3v) is 3.06. The summed E-state index contributed by atoms with van der Waals surface area (Å²) >= 11 is 1.95. The first-order valence-electron chi connectivity index (χ1n) is 5.37. The molecule has 2 heteroatoms. The molecular weight excluding hydrogens is 178 g/mol. The van der Waals surface area contributed by atoms with E-state index in [1.165, 1.54) is 31.4 Å². The molecule has 0 amide bonds. The van der Waals surface area contributed by atoms with E-state index in [2.05, 4.69) is 32.5 Å². The molecule has 0 radical (unpaired) electrons. The van der Waals surface area contributed by atoms with Crippen LogP contribution in [0.3, 0.4) is 0 Å². The lowest BCUT2D eigenvalue weighted by Crippen LogP contribution is -2.25. The van der Waals surface area contributed by atoms with Gasteiger partial charge in [0.25, 0.3) is 0 Å². The van der Waals surface area contributed by atoms with Crippen LogP contribution in [-0.2, 0) is 0 Å². The van der Waals surface area contributed by atoms with Crippen LogP contribution >= 0.6 is 11.8 Å². The maximum Gasteiger partial charge on any atom is 0.00719 e. The minimum atomic E-state index is 0.742. The van der Waals surface area contributed by atoms with E-state index < -0.39 is 0 Å².